The van der Waals surface area contributed by atoms with Gasteiger partial charge in [-0.25, -0.2) is 0 Å². The van der Waals surface area contributed by atoms with Crippen LogP contribution in [-0.4, -0.2) is 47.8 Å². The number of aryl methyl sites for hydroxylation is 1. The normalized spacial score (nSPS) is 19.6. The molecule has 30 heavy (non-hydrogen) atoms. The summed E-state index contributed by atoms with van der Waals surface area (Å²) in [6, 6.07) is 11.6. The van der Waals surface area contributed by atoms with Crippen LogP contribution < -0.4 is 4.90 Å². The zero-order valence-corrected chi connectivity index (χ0v) is 18.3. The van der Waals surface area contributed by atoms with E-state index in [-0.39, 0.29) is 23.6 Å². The Morgan fingerprint density at radius 2 is 1.40 bits per heavy atom. The molecule has 2 N–H and O–H groups in total. The summed E-state index contributed by atoms with van der Waals surface area (Å²) in [6.45, 7) is 7.98. The topological polar surface area (TPSA) is 68.4 Å². The van der Waals surface area contributed by atoms with E-state index in [0.717, 1.165) is 61.2 Å². The highest BCUT2D eigenvalue weighted by atomic mass is 16.3. The summed E-state index contributed by atoms with van der Waals surface area (Å²) >= 11 is 0. The molecular weight excluding hydrogens is 374 g/mol. The Balaban J connectivity index is 1.73. The first kappa shape index (κ1) is 21.9. The molecule has 0 amide bonds. The quantitative estimate of drug-likeness (QED) is 0.627. The van der Waals surface area contributed by atoms with Crippen molar-refractivity contribution in [3.8, 4) is 11.5 Å². The van der Waals surface area contributed by atoms with E-state index in [9.17, 15) is 10.2 Å². The average molecular weight is 408 g/mol. The number of phenols is 2. The molecule has 5 heteroatoms. The molecule has 0 spiro atoms. The second-order valence-electron chi connectivity index (χ2n) is 7.95. The number of hydrogen-bond acceptors (Lipinski definition) is 5. The fourth-order valence-corrected chi connectivity index (χ4v) is 3.98. The van der Waals surface area contributed by atoms with Gasteiger partial charge in [-0.1, -0.05) is 18.9 Å². The molecule has 3 rings (SSSR count). The number of benzene rings is 2. The Labute approximate surface area is 179 Å². The van der Waals surface area contributed by atoms with E-state index in [4.69, 9.17) is 9.98 Å². The summed E-state index contributed by atoms with van der Waals surface area (Å²) in [6.07, 6.45) is 7.79. The monoisotopic (exact) mass is 407 g/mol. The van der Waals surface area contributed by atoms with Gasteiger partial charge in [0.25, 0.3) is 0 Å². The zero-order chi connectivity index (χ0) is 21.5. The Kier molecular flexibility index (Phi) is 7.50. The largest absolute Gasteiger partial charge is 0.507 e. The molecule has 1 saturated carbocycles. The van der Waals surface area contributed by atoms with Gasteiger partial charge in [-0.15, -0.1) is 0 Å². The molecule has 0 radical (unpaired) electrons. The molecule has 5 nitrogen and oxygen atoms in total. The minimum Gasteiger partial charge on any atom is -0.507 e. The van der Waals surface area contributed by atoms with Crippen molar-refractivity contribution in [1.29, 1.82) is 0 Å². The van der Waals surface area contributed by atoms with Gasteiger partial charge in [0.1, 0.15) is 11.5 Å². The van der Waals surface area contributed by atoms with E-state index in [1.54, 1.807) is 18.5 Å². The van der Waals surface area contributed by atoms with E-state index >= 15 is 0 Å². The van der Waals surface area contributed by atoms with Gasteiger partial charge in [-0.2, -0.15) is 0 Å². The molecule has 1 aliphatic carbocycles. The lowest BCUT2D eigenvalue weighted by molar-refractivity contribution is 0.390. The first-order valence-corrected chi connectivity index (χ1v) is 11.0. The van der Waals surface area contributed by atoms with Crippen LogP contribution in [0, 0.1) is 6.92 Å². The second-order valence-corrected chi connectivity index (χ2v) is 7.95. The standard InChI is InChI=1S/C25H33N3O2/c1-4-28(5-2)21-13-12-20(25(30)15-21)17-27-23-9-7-6-8-22(23)26-16-19-11-10-18(3)14-24(19)29/h10-17,22-23,29-30H,4-9H2,1-3H3. The average Bonchev–Trinajstić information content (AvgIpc) is 2.74. The first-order valence-electron chi connectivity index (χ1n) is 11.0. The number of hydrogen-bond donors (Lipinski definition) is 2. The fraction of sp³-hybridized carbons (Fsp3) is 0.440. The maximum absolute atomic E-state index is 10.5. The SMILES string of the molecule is CCN(CC)c1ccc(C=NC2CCCCC2N=Cc2ccc(C)cc2O)c(O)c1. The number of anilines is 1. The Morgan fingerprint density at radius 3 is 1.90 bits per heavy atom. The maximum atomic E-state index is 10.5. The molecule has 0 aliphatic heterocycles. The fourth-order valence-electron chi connectivity index (χ4n) is 3.98. The Morgan fingerprint density at radius 1 is 0.867 bits per heavy atom. The van der Waals surface area contributed by atoms with Crippen LogP contribution in [0.3, 0.4) is 0 Å². The number of phenolic OH excluding ortho intramolecular Hbond substituents is 2. The highest BCUT2D eigenvalue weighted by Crippen LogP contribution is 2.27. The van der Waals surface area contributed by atoms with E-state index in [0.29, 0.717) is 0 Å². The van der Waals surface area contributed by atoms with Crippen LogP contribution in [0.4, 0.5) is 5.69 Å². The van der Waals surface area contributed by atoms with E-state index in [1.165, 1.54) is 0 Å². The third-order valence-electron chi connectivity index (χ3n) is 5.83. The van der Waals surface area contributed by atoms with Gasteiger partial charge in [-0.05, 0) is 63.4 Å². The number of aliphatic imine (C=N–C) groups is 2. The molecule has 2 unspecified atom stereocenters. The van der Waals surface area contributed by atoms with E-state index in [2.05, 4.69) is 18.7 Å². The van der Waals surface area contributed by atoms with Crippen LogP contribution in [0.15, 0.2) is 46.4 Å². The molecule has 0 aromatic heterocycles. The summed E-state index contributed by atoms with van der Waals surface area (Å²) in [5, 5.41) is 20.6. The predicted molar refractivity (Wildman–Crippen MR) is 126 cm³/mol. The van der Waals surface area contributed by atoms with Gasteiger partial charge in [-0.3, -0.25) is 9.98 Å². The van der Waals surface area contributed by atoms with Crippen molar-refractivity contribution in [2.75, 3.05) is 18.0 Å². The molecule has 1 fully saturated rings. The summed E-state index contributed by atoms with van der Waals surface area (Å²) in [5.41, 5.74) is 3.51. The third kappa shape index (κ3) is 5.41. The molecule has 2 atom stereocenters. The molecule has 0 bridgehead atoms. The number of nitrogens with zero attached hydrogens (tertiary/aromatic N) is 3. The molecule has 2 aromatic carbocycles. The first-order chi connectivity index (χ1) is 14.5. The van der Waals surface area contributed by atoms with Crippen molar-refractivity contribution in [3.63, 3.8) is 0 Å². The van der Waals surface area contributed by atoms with Crippen LogP contribution in [0.1, 0.15) is 56.2 Å². The van der Waals surface area contributed by atoms with Gasteiger partial charge in [0.05, 0.1) is 12.1 Å². The lowest BCUT2D eigenvalue weighted by Crippen LogP contribution is -2.27. The zero-order valence-electron chi connectivity index (χ0n) is 18.3. The molecule has 160 valence electrons. The molecular formula is C25H33N3O2. The van der Waals surface area contributed by atoms with Crippen molar-refractivity contribution >= 4 is 18.1 Å². The van der Waals surface area contributed by atoms with Crippen LogP contribution in [0.5, 0.6) is 11.5 Å². The smallest absolute Gasteiger partial charge is 0.126 e. The Hall–Kier alpha value is -2.82. The van der Waals surface area contributed by atoms with Gasteiger partial charge >= 0.3 is 0 Å². The summed E-state index contributed by atoms with van der Waals surface area (Å²) in [7, 11) is 0. The van der Waals surface area contributed by atoms with Crippen molar-refractivity contribution in [2.24, 2.45) is 9.98 Å². The van der Waals surface area contributed by atoms with Gasteiger partial charge in [0.15, 0.2) is 0 Å². The highest BCUT2D eigenvalue weighted by molar-refractivity contribution is 5.85. The molecule has 1 aliphatic rings. The maximum Gasteiger partial charge on any atom is 0.126 e. The second kappa shape index (κ2) is 10.3. The highest BCUT2D eigenvalue weighted by Gasteiger charge is 2.23. The van der Waals surface area contributed by atoms with Gasteiger partial charge in [0.2, 0.25) is 0 Å². The van der Waals surface area contributed by atoms with Crippen LogP contribution in [0.25, 0.3) is 0 Å². The van der Waals surface area contributed by atoms with Crippen LogP contribution in [-0.2, 0) is 0 Å². The Bertz CT molecular complexity index is 903. The summed E-state index contributed by atoms with van der Waals surface area (Å²) in [4.78, 5) is 11.7. The van der Waals surface area contributed by atoms with Crippen molar-refractivity contribution in [1.82, 2.24) is 0 Å². The predicted octanol–water partition coefficient (Wildman–Crippen LogP) is 5.10. The van der Waals surface area contributed by atoms with Gasteiger partial charge in [0, 0.05) is 48.4 Å². The van der Waals surface area contributed by atoms with Crippen LogP contribution in [0.2, 0.25) is 0 Å². The summed E-state index contributed by atoms with van der Waals surface area (Å²) in [5.74, 6) is 0.511. The van der Waals surface area contributed by atoms with E-state index in [1.807, 2.05) is 37.3 Å². The lowest BCUT2D eigenvalue weighted by Gasteiger charge is -2.25. The molecule has 0 heterocycles. The molecule has 0 saturated heterocycles. The lowest BCUT2D eigenvalue weighted by atomic mass is 9.91. The van der Waals surface area contributed by atoms with Crippen molar-refractivity contribution in [2.45, 2.75) is 58.5 Å². The number of aromatic hydroxyl groups is 2. The van der Waals surface area contributed by atoms with Gasteiger partial charge < -0.3 is 15.1 Å². The minimum absolute atomic E-state index is 0.0875. The number of rotatable bonds is 7. The van der Waals surface area contributed by atoms with E-state index < -0.39 is 0 Å². The third-order valence-corrected chi connectivity index (χ3v) is 5.83. The van der Waals surface area contributed by atoms with Crippen LogP contribution >= 0.6 is 0 Å². The minimum atomic E-state index is 0.0875. The summed E-state index contributed by atoms with van der Waals surface area (Å²) < 4.78 is 0. The molecule has 2 aromatic rings. The van der Waals surface area contributed by atoms with Crippen molar-refractivity contribution in [3.05, 3.63) is 53.1 Å². The van der Waals surface area contributed by atoms with Crippen molar-refractivity contribution < 1.29 is 10.2 Å².